The minimum Gasteiger partial charge on any atom is -0.338 e. The number of nitrogens with zero attached hydrogens (tertiary/aromatic N) is 2. The van der Waals surface area contributed by atoms with Gasteiger partial charge in [0.05, 0.1) is 0 Å². The smallest absolute Gasteiger partial charge is 0.246 e. The number of rotatable bonds is 4. The summed E-state index contributed by atoms with van der Waals surface area (Å²) in [5.74, 6) is 0.553. The molecular weight excluding hydrogens is 302 g/mol. The third-order valence-electron chi connectivity index (χ3n) is 3.92. The van der Waals surface area contributed by atoms with E-state index >= 15 is 0 Å². The maximum atomic E-state index is 12.2. The largest absolute Gasteiger partial charge is 0.338 e. The van der Waals surface area contributed by atoms with Crippen molar-refractivity contribution in [3.8, 4) is 0 Å². The number of aryl methyl sites for hydroxylation is 1. The molecule has 122 valence electrons. The molecule has 0 aliphatic carbocycles. The fourth-order valence-electron chi connectivity index (χ4n) is 2.60. The van der Waals surface area contributed by atoms with Gasteiger partial charge in [-0.1, -0.05) is 30.3 Å². The predicted octanol–water partition coefficient (Wildman–Crippen LogP) is 2.64. The average molecular weight is 321 g/mol. The first-order valence-electron chi connectivity index (χ1n) is 7.88. The van der Waals surface area contributed by atoms with Gasteiger partial charge in [-0.25, -0.2) is 4.98 Å². The molecule has 5 heteroatoms. The summed E-state index contributed by atoms with van der Waals surface area (Å²) in [6, 6.07) is 11.8. The van der Waals surface area contributed by atoms with Gasteiger partial charge in [0.1, 0.15) is 5.82 Å². The Balaban J connectivity index is 1.64. The number of hydrogen-bond donors (Lipinski definition) is 1. The SMILES string of the molecule is CN(Cc1ccccc1)C(=O)C=Cc1cnc2c(c1)CCC(=O)N2. The van der Waals surface area contributed by atoms with Gasteiger partial charge in [0.2, 0.25) is 11.8 Å². The lowest BCUT2D eigenvalue weighted by atomic mass is 10.0. The van der Waals surface area contributed by atoms with Crippen molar-refractivity contribution < 1.29 is 9.59 Å². The van der Waals surface area contributed by atoms with Gasteiger partial charge in [-0.3, -0.25) is 9.59 Å². The lowest BCUT2D eigenvalue weighted by Crippen LogP contribution is -2.24. The number of benzene rings is 1. The van der Waals surface area contributed by atoms with Crippen LogP contribution in [0.3, 0.4) is 0 Å². The lowest BCUT2D eigenvalue weighted by Gasteiger charge is -2.16. The molecule has 1 aromatic carbocycles. The van der Waals surface area contributed by atoms with Gasteiger partial charge in [-0.05, 0) is 35.3 Å². The summed E-state index contributed by atoms with van der Waals surface area (Å²) in [4.78, 5) is 29.5. The van der Waals surface area contributed by atoms with Crippen LogP contribution in [-0.4, -0.2) is 28.7 Å². The fourth-order valence-corrected chi connectivity index (χ4v) is 2.60. The molecule has 1 aliphatic heterocycles. The van der Waals surface area contributed by atoms with E-state index in [0.717, 1.165) is 16.7 Å². The number of anilines is 1. The summed E-state index contributed by atoms with van der Waals surface area (Å²) < 4.78 is 0. The molecule has 0 fully saturated rings. The summed E-state index contributed by atoms with van der Waals surface area (Å²) in [6.45, 7) is 0.568. The Hall–Kier alpha value is -2.95. The van der Waals surface area contributed by atoms with Crippen LogP contribution in [0.4, 0.5) is 5.82 Å². The van der Waals surface area contributed by atoms with E-state index in [9.17, 15) is 9.59 Å². The van der Waals surface area contributed by atoms with E-state index in [1.807, 2.05) is 36.4 Å². The molecule has 0 unspecified atom stereocenters. The maximum absolute atomic E-state index is 12.2. The highest BCUT2D eigenvalue weighted by Crippen LogP contribution is 2.21. The molecule has 1 aliphatic rings. The number of nitrogens with one attached hydrogen (secondary N) is 1. The summed E-state index contributed by atoms with van der Waals surface area (Å²) in [7, 11) is 1.78. The van der Waals surface area contributed by atoms with Gasteiger partial charge < -0.3 is 10.2 Å². The van der Waals surface area contributed by atoms with Crippen LogP contribution in [-0.2, 0) is 22.6 Å². The van der Waals surface area contributed by atoms with Crippen molar-refractivity contribution in [3.05, 3.63) is 65.4 Å². The van der Waals surface area contributed by atoms with E-state index in [2.05, 4.69) is 10.3 Å². The molecule has 0 atom stereocenters. The number of aromatic nitrogens is 1. The Bertz CT molecular complexity index is 784. The van der Waals surface area contributed by atoms with Gasteiger partial charge in [0, 0.05) is 32.3 Å². The van der Waals surface area contributed by atoms with Crippen LogP contribution in [0.25, 0.3) is 6.08 Å². The Morgan fingerprint density at radius 3 is 2.88 bits per heavy atom. The van der Waals surface area contributed by atoms with Crippen LogP contribution < -0.4 is 5.32 Å². The average Bonchev–Trinajstić information content (AvgIpc) is 2.60. The summed E-state index contributed by atoms with van der Waals surface area (Å²) in [5, 5.41) is 2.75. The molecule has 0 bridgehead atoms. The Morgan fingerprint density at radius 2 is 2.08 bits per heavy atom. The second kappa shape index (κ2) is 7.08. The first-order valence-corrected chi connectivity index (χ1v) is 7.88. The van der Waals surface area contributed by atoms with Crippen LogP contribution in [0, 0.1) is 0 Å². The number of carbonyl (C=O) groups is 2. The first kappa shape index (κ1) is 15.9. The van der Waals surface area contributed by atoms with Crippen molar-refractivity contribution in [2.75, 3.05) is 12.4 Å². The third-order valence-corrected chi connectivity index (χ3v) is 3.92. The van der Waals surface area contributed by atoms with Crippen molar-refractivity contribution in [1.82, 2.24) is 9.88 Å². The normalized spacial score (nSPS) is 13.5. The van der Waals surface area contributed by atoms with Crippen molar-refractivity contribution in [2.45, 2.75) is 19.4 Å². The highest BCUT2D eigenvalue weighted by molar-refractivity contribution is 5.93. The highest BCUT2D eigenvalue weighted by atomic mass is 16.2. The monoisotopic (exact) mass is 321 g/mol. The van der Waals surface area contributed by atoms with Gasteiger partial charge in [-0.15, -0.1) is 0 Å². The van der Waals surface area contributed by atoms with Crippen LogP contribution in [0.2, 0.25) is 0 Å². The van der Waals surface area contributed by atoms with Crippen molar-refractivity contribution in [1.29, 1.82) is 0 Å². The van der Waals surface area contributed by atoms with Crippen molar-refractivity contribution in [3.63, 3.8) is 0 Å². The first-order chi connectivity index (χ1) is 11.6. The molecule has 1 aromatic heterocycles. The molecule has 2 aromatic rings. The Morgan fingerprint density at radius 1 is 1.29 bits per heavy atom. The fraction of sp³-hybridized carbons (Fsp3) is 0.211. The Labute approximate surface area is 141 Å². The molecule has 0 saturated heterocycles. The molecule has 5 nitrogen and oxygen atoms in total. The molecule has 0 saturated carbocycles. The standard InChI is InChI=1S/C19H19N3O2/c1-22(13-14-5-3-2-4-6-14)18(24)10-7-15-11-16-8-9-17(23)21-19(16)20-12-15/h2-7,10-12H,8-9,13H2,1H3,(H,20,21,23). The molecular formula is C19H19N3O2. The van der Waals surface area contributed by atoms with Crippen LogP contribution >= 0.6 is 0 Å². The van der Waals surface area contributed by atoms with Crippen LogP contribution in [0.1, 0.15) is 23.1 Å². The van der Waals surface area contributed by atoms with E-state index in [4.69, 9.17) is 0 Å². The molecule has 1 N–H and O–H groups in total. The predicted molar refractivity (Wildman–Crippen MR) is 93.1 cm³/mol. The number of fused-ring (bicyclic) bond motifs is 1. The van der Waals surface area contributed by atoms with E-state index in [-0.39, 0.29) is 11.8 Å². The van der Waals surface area contributed by atoms with E-state index in [0.29, 0.717) is 25.2 Å². The zero-order chi connectivity index (χ0) is 16.9. The summed E-state index contributed by atoms with van der Waals surface area (Å²) in [5.41, 5.74) is 2.95. The van der Waals surface area contributed by atoms with Crippen LogP contribution in [0.5, 0.6) is 0 Å². The van der Waals surface area contributed by atoms with Crippen molar-refractivity contribution >= 4 is 23.7 Å². The number of amides is 2. The second-order valence-electron chi connectivity index (χ2n) is 5.84. The zero-order valence-corrected chi connectivity index (χ0v) is 13.5. The van der Waals surface area contributed by atoms with Crippen LogP contribution in [0.15, 0.2) is 48.7 Å². The molecule has 2 heterocycles. The third kappa shape index (κ3) is 3.87. The molecule has 3 rings (SSSR count). The van der Waals surface area contributed by atoms with Gasteiger partial charge >= 0.3 is 0 Å². The molecule has 24 heavy (non-hydrogen) atoms. The second-order valence-corrected chi connectivity index (χ2v) is 5.84. The number of carbonyl (C=O) groups excluding carboxylic acids is 2. The van der Waals surface area contributed by atoms with Gasteiger partial charge in [-0.2, -0.15) is 0 Å². The number of pyridine rings is 1. The summed E-state index contributed by atoms with van der Waals surface area (Å²) >= 11 is 0. The van der Waals surface area contributed by atoms with E-state index < -0.39 is 0 Å². The van der Waals surface area contributed by atoms with Gasteiger partial charge in [0.25, 0.3) is 0 Å². The zero-order valence-electron chi connectivity index (χ0n) is 13.5. The summed E-state index contributed by atoms with van der Waals surface area (Å²) in [6.07, 6.45) is 6.12. The minimum atomic E-state index is -0.0649. The van der Waals surface area contributed by atoms with E-state index in [1.165, 1.54) is 0 Å². The maximum Gasteiger partial charge on any atom is 0.246 e. The number of hydrogen-bond acceptors (Lipinski definition) is 3. The number of likely N-dealkylation sites (N-methyl/N-ethyl adjacent to an activating group) is 1. The minimum absolute atomic E-state index is 0.00370. The highest BCUT2D eigenvalue weighted by Gasteiger charge is 2.15. The molecule has 0 radical (unpaired) electrons. The lowest BCUT2D eigenvalue weighted by molar-refractivity contribution is -0.125. The van der Waals surface area contributed by atoms with Gasteiger partial charge in [0.15, 0.2) is 0 Å². The Kier molecular flexibility index (Phi) is 4.70. The van der Waals surface area contributed by atoms with E-state index in [1.54, 1.807) is 30.3 Å². The topological polar surface area (TPSA) is 62.3 Å². The molecule has 2 amide bonds. The molecule has 0 spiro atoms. The van der Waals surface area contributed by atoms with Crippen molar-refractivity contribution in [2.24, 2.45) is 0 Å². The quantitative estimate of drug-likeness (QED) is 0.881.